The van der Waals surface area contributed by atoms with E-state index in [1.165, 1.54) is 10.6 Å². The Hall–Kier alpha value is -3.42. The fourth-order valence-corrected chi connectivity index (χ4v) is 2.99. The quantitative estimate of drug-likeness (QED) is 0.585. The van der Waals surface area contributed by atoms with Crippen molar-refractivity contribution in [1.29, 1.82) is 0 Å². The number of nitrogens with one attached hydrogen (secondary N) is 1. The van der Waals surface area contributed by atoms with E-state index in [1.54, 1.807) is 49.2 Å². The van der Waals surface area contributed by atoms with Gasteiger partial charge in [-0.25, -0.2) is 4.39 Å². The minimum atomic E-state index is -0.490. The standard InChI is InChI=1S/C17H15FN6O/c1-9-4-3-5-11(18)15(9)24-8-10(12-6-7-23(2)22-12)14-13(17(24)25)16(19)21-20-14/h3-8H,1-2H3,(H3,19,20,21). The fraction of sp³-hybridized carbons (Fsp3) is 0.118. The van der Waals surface area contributed by atoms with Crippen molar-refractivity contribution < 1.29 is 4.39 Å². The summed E-state index contributed by atoms with van der Waals surface area (Å²) >= 11 is 0. The molecule has 0 saturated carbocycles. The van der Waals surface area contributed by atoms with Crippen LogP contribution in [-0.4, -0.2) is 24.5 Å². The van der Waals surface area contributed by atoms with Gasteiger partial charge < -0.3 is 5.73 Å². The lowest BCUT2D eigenvalue weighted by Crippen LogP contribution is -2.21. The van der Waals surface area contributed by atoms with Crippen LogP contribution in [0.4, 0.5) is 10.2 Å². The average molecular weight is 338 g/mol. The van der Waals surface area contributed by atoms with E-state index in [0.717, 1.165) is 0 Å². The van der Waals surface area contributed by atoms with Crippen molar-refractivity contribution in [2.75, 3.05) is 5.73 Å². The number of nitrogen functional groups attached to an aromatic ring is 1. The molecular formula is C17H15FN6O. The SMILES string of the molecule is Cc1cccc(F)c1-n1cc(-c2ccn(C)n2)c2[nH]nc(N)c2c1=O. The second kappa shape index (κ2) is 5.30. The molecule has 0 aliphatic rings. The second-order valence-corrected chi connectivity index (χ2v) is 5.86. The molecule has 0 aliphatic carbocycles. The van der Waals surface area contributed by atoms with E-state index in [1.807, 2.05) is 0 Å². The van der Waals surface area contributed by atoms with Gasteiger partial charge >= 0.3 is 0 Å². The number of benzene rings is 1. The van der Waals surface area contributed by atoms with Gasteiger partial charge in [-0.1, -0.05) is 12.1 Å². The van der Waals surface area contributed by atoms with E-state index in [9.17, 15) is 9.18 Å². The van der Waals surface area contributed by atoms with Crippen molar-refractivity contribution in [3.05, 3.63) is 58.4 Å². The number of hydrogen-bond acceptors (Lipinski definition) is 4. The third kappa shape index (κ3) is 2.22. The molecule has 8 heteroatoms. The Morgan fingerprint density at radius 1 is 1.28 bits per heavy atom. The Labute approximate surface area is 141 Å². The maximum atomic E-state index is 14.4. The zero-order valence-electron chi connectivity index (χ0n) is 13.6. The van der Waals surface area contributed by atoms with Crippen LogP contribution in [-0.2, 0) is 7.05 Å². The monoisotopic (exact) mass is 338 g/mol. The molecule has 3 heterocycles. The lowest BCUT2D eigenvalue weighted by Gasteiger charge is -2.12. The zero-order chi connectivity index (χ0) is 17.7. The third-order valence-corrected chi connectivity index (χ3v) is 4.17. The number of aryl methyl sites for hydroxylation is 2. The Morgan fingerprint density at radius 3 is 2.76 bits per heavy atom. The first-order valence-electron chi connectivity index (χ1n) is 7.62. The average Bonchev–Trinajstić information content (AvgIpc) is 3.16. The Balaban J connectivity index is 2.15. The van der Waals surface area contributed by atoms with E-state index >= 15 is 0 Å². The molecule has 4 rings (SSSR count). The maximum absolute atomic E-state index is 14.4. The van der Waals surface area contributed by atoms with Crippen LogP contribution in [0.25, 0.3) is 27.8 Å². The number of anilines is 1. The van der Waals surface area contributed by atoms with Crippen LogP contribution in [0.3, 0.4) is 0 Å². The topological polar surface area (TPSA) is 94.5 Å². The summed E-state index contributed by atoms with van der Waals surface area (Å²) in [6.45, 7) is 1.74. The molecule has 0 amide bonds. The molecule has 0 fully saturated rings. The van der Waals surface area contributed by atoms with Gasteiger partial charge in [0, 0.05) is 25.0 Å². The van der Waals surface area contributed by atoms with Crippen LogP contribution >= 0.6 is 0 Å². The van der Waals surface area contributed by atoms with E-state index in [0.29, 0.717) is 22.3 Å². The van der Waals surface area contributed by atoms with Crippen molar-refractivity contribution in [1.82, 2.24) is 24.5 Å². The Kier molecular flexibility index (Phi) is 3.21. The summed E-state index contributed by atoms with van der Waals surface area (Å²) in [4.78, 5) is 12.9. The Bertz CT molecular complexity index is 1150. The van der Waals surface area contributed by atoms with Gasteiger partial charge in [0.25, 0.3) is 5.56 Å². The summed E-state index contributed by atoms with van der Waals surface area (Å²) in [6, 6.07) is 6.46. The van der Waals surface area contributed by atoms with Gasteiger partial charge in [0.2, 0.25) is 0 Å². The molecular weight excluding hydrogens is 323 g/mol. The molecule has 0 aliphatic heterocycles. The van der Waals surface area contributed by atoms with Crippen molar-refractivity contribution in [2.24, 2.45) is 7.05 Å². The van der Waals surface area contributed by atoms with Crippen LogP contribution < -0.4 is 11.3 Å². The van der Waals surface area contributed by atoms with Gasteiger partial charge in [-0.3, -0.25) is 19.1 Å². The van der Waals surface area contributed by atoms with Gasteiger partial charge in [-0.05, 0) is 24.6 Å². The van der Waals surface area contributed by atoms with Crippen molar-refractivity contribution in [3.8, 4) is 16.9 Å². The number of pyridine rings is 1. The van der Waals surface area contributed by atoms with E-state index in [-0.39, 0.29) is 16.9 Å². The Morgan fingerprint density at radius 2 is 2.08 bits per heavy atom. The number of aromatic nitrogens is 5. The number of hydrogen-bond donors (Lipinski definition) is 2. The van der Waals surface area contributed by atoms with Gasteiger partial charge in [0.1, 0.15) is 11.2 Å². The number of H-pyrrole nitrogens is 1. The van der Waals surface area contributed by atoms with Gasteiger partial charge in [-0.15, -0.1) is 0 Å². The number of para-hydroxylation sites is 1. The number of rotatable bonds is 2. The third-order valence-electron chi connectivity index (χ3n) is 4.17. The normalized spacial score (nSPS) is 11.3. The number of aromatic amines is 1. The lowest BCUT2D eigenvalue weighted by molar-refractivity contribution is 0.615. The molecule has 0 bridgehead atoms. The maximum Gasteiger partial charge on any atom is 0.268 e. The molecule has 0 unspecified atom stereocenters. The van der Waals surface area contributed by atoms with Crippen LogP contribution in [0.5, 0.6) is 0 Å². The summed E-state index contributed by atoms with van der Waals surface area (Å²) in [6.07, 6.45) is 3.35. The van der Waals surface area contributed by atoms with Crippen molar-refractivity contribution in [2.45, 2.75) is 6.92 Å². The molecule has 0 atom stereocenters. The fourth-order valence-electron chi connectivity index (χ4n) is 2.99. The molecule has 25 heavy (non-hydrogen) atoms. The van der Waals surface area contributed by atoms with E-state index < -0.39 is 11.4 Å². The molecule has 0 saturated heterocycles. The molecule has 126 valence electrons. The summed E-state index contributed by atoms with van der Waals surface area (Å²) in [7, 11) is 1.79. The van der Waals surface area contributed by atoms with Gasteiger partial charge in [0.05, 0.1) is 16.9 Å². The van der Waals surface area contributed by atoms with E-state index in [4.69, 9.17) is 5.73 Å². The first kappa shape index (κ1) is 15.1. The smallest absolute Gasteiger partial charge is 0.268 e. The molecule has 7 nitrogen and oxygen atoms in total. The first-order valence-corrected chi connectivity index (χ1v) is 7.62. The highest BCUT2D eigenvalue weighted by Crippen LogP contribution is 2.28. The number of nitrogens with two attached hydrogens (primary N) is 1. The highest BCUT2D eigenvalue weighted by Gasteiger charge is 2.20. The van der Waals surface area contributed by atoms with Crippen LogP contribution in [0.15, 0.2) is 41.5 Å². The molecule has 3 N–H and O–H groups in total. The minimum Gasteiger partial charge on any atom is -0.382 e. The minimum absolute atomic E-state index is 0.0699. The number of halogens is 1. The number of nitrogens with zero attached hydrogens (tertiary/aromatic N) is 4. The van der Waals surface area contributed by atoms with E-state index in [2.05, 4.69) is 15.3 Å². The van der Waals surface area contributed by atoms with Crippen LogP contribution in [0.2, 0.25) is 0 Å². The van der Waals surface area contributed by atoms with Gasteiger partial charge in [0.15, 0.2) is 5.82 Å². The lowest BCUT2D eigenvalue weighted by atomic mass is 10.1. The predicted octanol–water partition coefficient (Wildman–Crippen LogP) is 2.14. The number of fused-ring (bicyclic) bond motifs is 1. The predicted molar refractivity (Wildman–Crippen MR) is 93.0 cm³/mol. The summed E-state index contributed by atoms with van der Waals surface area (Å²) in [5.41, 5.74) is 7.98. The largest absolute Gasteiger partial charge is 0.382 e. The molecule has 4 aromatic rings. The van der Waals surface area contributed by atoms with Crippen molar-refractivity contribution >= 4 is 16.7 Å². The summed E-state index contributed by atoms with van der Waals surface area (Å²) in [5.74, 6) is -0.420. The summed E-state index contributed by atoms with van der Waals surface area (Å²) < 4.78 is 17.4. The molecule has 0 spiro atoms. The van der Waals surface area contributed by atoms with Gasteiger partial charge in [-0.2, -0.15) is 10.2 Å². The second-order valence-electron chi connectivity index (χ2n) is 5.86. The van der Waals surface area contributed by atoms with Crippen molar-refractivity contribution in [3.63, 3.8) is 0 Å². The highest BCUT2D eigenvalue weighted by molar-refractivity contribution is 5.97. The molecule has 3 aromatic heterocycles. The highest BCUT2D eigenvalue weighted by atomic mass is 19.1. The van der Waals surface area contributed by atoms with Crippen LogP contribution in [0, 0.1) is 12.7 Å². The zero-order valence-corrected chi connectivity index (χ0v) is 13.6. The molecule has 0 radical (unpaired) electrons. The first-order chi connectivity index (χ1) is 12.0. The van der Waals surface area contributed by atoms with Crippen LogP contribution in [0.1, 0.15) is 5.56 Å². The summed E-state index contributed by atoms with van der Waals surface area (Å²) in [5, 5.41) is 11.3. The molecule has 1 aromatic carbocycles.